The second-order valence-corrected chi connectivity index (χ2v) is 5.79. The number of aromatic nitrogens is 3. The smallest absolute Gasteiger partial charge is 0.151 e. The van der Waals surface area contributed by atoms with Crippen LogP contribution in [0.2, 0.25) is 0 Å². The van der Waals surface area contributed by atoms with E-state index in [1.54, 1.807) is 11.0 Å². The third kappa shape index (κ3) is 2.42. The summed E-state index contributed by atoms with van der Waals surface area (Å²) in [4.78, 5) is 6.98. The molecule has 0 aliphatic carbocycles. The first-order valence-electron chi connectivity index (χ1n) is 7.08. The van der Waals surface area contributed by atoms with Gasteiger partial charge in [-0.1, -0.05) is 6.42 Å². The van der Waals surface area contributed by atoms with Gasteiger partial charge in [0.1, 0.15) is 6.33 Å². The minimum Gasteiger partial charge on any atom is -0.328 e. The van der Waals surface area contributed by atoms with Gasteiger partial charge in [-0.25, -0.2) is 4.98 Å². The summed E-state index contributed by atoms with van der Waals surface area (Å²) in [5.74, 6) is 0.963. The molecule has 18 heavy (non-hydrogen) atoms. The number of fused-ring (bicyclic) bond motifs is 2. The summed E-state index contributed by atoms with van der Waals surface area (Å²) in [6.45, 7) is 1.09. The molecule has 1 aromatic rings. The molecule has 5 nitrogen and oxygen atoms in total. The Hall–Kier alpha value is -0.940. The Balaban J connectivity index is 1.61. The highest BCUT2D eigenvalue weighted by molar-refractivity contribution is 4.95. The minimum atomic E-state index is 0.421. The average molecular weight is 249 g/mol. The largest absolute Gasteiger partial charge is 0.328 e. The molecule has 2 aliphatic rings. The molecule has 1 aromatic heterocycles. The number of rotatable bonds is 3. The van der Waals surface area contributed by atoms with Gasteiger partial charge in [0.15, 0.2) is 5.82 Å². The molecule has 2 fully saturated rings. The van der Waals surface area contributed by atoms with Crippen LogP contribution in [0.15, 0.2) is 6.33 Å². The van der Waals surface area contributed by atoms with Gasteiger partial charge < -0.3 is 5.73 Å². The molecular formula is C13H23N5. The van der Waals surface area contributed by atoms with Crippen molar-refractivity contribution in [3.8, 4) is 0 Å². The van der Waals surface area contributed by atoms with Gasteiger partial charge in [0, 0.05) is 38.1 Å². The molecule has 2 N–H and O–H groups in total. The third-order valence-electron chi connectivity index (χ3n) is 4.40. The van der Waals surface area contributed by atoms with Crippen molar-refractivity contribution in [3.63, 3.8) is 0 Å². The zero-order valence-corrected chi connectivity index (χ0v) is 11.1. The predicted octanol–water partition coefficient (Wildman–Crippen LogP) is 0.702. The van der Waals surface area contributed by atoms with Crippen LogP contribution in [0.5, 0.6) is 0 Å². The number of nitrogens with two attached hydrogens (primary N) is 1. The van der Waals surface area contributed by atoms with E-state index in [2.05, 4.69) is 15.0 Å². The topological polar surface area (TPSA) is 60.0 Å². The molecule has 100 valence electrons. The van der Waals surface area contributed by atoms with Gasteiger partial charge in [0.25, 0.3) is 0 Å². The Labute approximate surface area is 108 Å². The summed E-state index contributed by atoms with van der Waals surface area (Å²) in [7, 11) is 1.92. The van der Waals surface area contributed by atoms with Crippen LogP contribution in [0.25, 0.3) is 0 Å². The molecule has 3 heterocycles. The molecular weight excluding hydrogens is 226 g/mol. The first kappa shape index (κ1) is 12.1. The van der Waals surface area contributed by atoms with Gasteiger partial charge in [-0.3, -0.25) is 9.58 Å². The van der Waals surface area contributed by atoms with E-state index in [1.807, 2.05) is 7.05 Å². The van der Waals surface area contributed by atoms with Gasteiger partial charge in [0.2, 0.25) is 0 Å². The van der Waals surface area contributed by atoms with E-state index < -0.39 is 0 Å². The predicted molar refractivity (Wildman–Crippen MR) is 70.0 cm³/mol. The summed E-state index contributed by atoms with van der Waals surface area (Å²) in [5.41, 5.74) is 6.14. The Morgan fingerprint density at radius 1 is 1.33 bits per heavy atom. The lowest BCUT2D eigenvalue weighted by Gasteiger charge is -2.48. The average Bonchev–Trinajstić information content (AvgIpc) is 2.72. The first-order chi connectivity index (χ1) is 8.72. The van der Waals surface area contributed by atoms with Gasteiger partial charge in [-0.05, 0) is 25.7 Å². The van der Waals surface area contributed by atoms with Crippen LogP contribution in [-0.4, -0.2) is 44.3 Å². The Bertz CT molecular complexity index is 388. The zero-order valence-electron chi connectivity index (χ0n) is 11.1. The fourth-order valence-corrected chi connectivity index (χ4v) is 3.61. The third-order valence-corrected chi connectivity index (χ3v) is 4.40. The van der Waals surface area contributed by atoms with Crippen LogP contribution >= 0.6 is 0 Å². The van der Waals surface area contributed by atoms with Crippen molar-refractivity contribution in [2.75, 3.05) is 6.54 Å². The normalized spacial score (nSPS) is 32.7. The zero-order chi connectivity index (χ0) is 12.5. The van der Waals surface area contributed by atoms with Crippen molar-refractivity contribution < 1.29 is 0 Å². The van der Waals surface area contributed by atoms with Crippen LogP contribution in [-0.2, 0) is 13.5 Å². The number of aryl methyl sites for hydroxylation is 1. The lowest BCUT2D eigenvalue weighted by Crippen LogP contribution is -2.55. The molecule has 0 saturated carbocycles. The Morgan fingerprint density at radius 3 is 2.67 bits per heavy atom. The Kier molecular flexibility index (Phi) is 3.35. The SMILES string of the molecule is Cn1cnc(CCN2C3CCCC2CC(N)C3)n1. The van der Waals surface area contributed by atoms with Crippen LogP contribution < -0.4 is 5.73 Å². The highest BCUT2D eigenvalue weighted by atomic mass is 15.3. The maximum Gasteiger partial charge on any atom is 0.151 e. The summed E-state index contributed by atoms with van der Waals surface area (Å²) in [5, 5.41) is 4.36. The number of nitrogens with zero attached hydrogens (tertiary/aromatic N) is 4. The summed E-state index contributed by atoms with van der Waals surface area (Å²) < 4.78 is 1.78. The molecule has 5 heteroatoms. The highest BCUT2D eigenvalue weighted by Crippen LogP contribution is 2.33. The van der Waals surface area contributed by atoms with Gasteiger partial charge in [-0.15, -0.1) is 0 Å². The molecule has 0 radical (unpaired) electrons. The molecule has 0 aromatic carbocycles. The molecule has 2 bridgehead atoms. The fraction of sp³-hybridized carbons (Fsp3) is 0.846. The van der Waals surface area contributed by atoms with Crippen molar-refractivity contribution >= 4 is 0 Å². The number of hydrogen-bond donors (Lipinski definition) is 1. The van der Waals surface area contributed by atoms with E-state index in [0.717, 1.165) is 18.8 Å². The van der Waals surface area contributed by atoms with E-state index in [-0.39, 0.29) is 0 Å². The summed E-state index contributed by atoms with van der Waals surface area (Å²) >= 11 is 0. The molecule has 2 atom stereocenters. The van der Waals surface area contributed by atoms with Crippen molar-refractivity contribution in [1.82, 2.24) is 19.7 Å². The fourth-order valence-electron chi connectivity index (χ4n) is 3.61. The minimum absolute atomic E-state index is 0.421. The molecule has 2 saturated heterocycles. The second-order valence-electron chi connectivity index (χ2n) is 5.79. The van der Waals surface area contributed by atoms with Crippen molar-refractivity contribution in [2.45, 2.75) is 56.7 Å². The van der Waals surface area contributed by atoms with E-state index in [4.69, 9.17) is 5.73 Å². The van der Waals surface area contributed by atoms with Crippen molar-refractivity contribution in [3.05, 3.63) is 12.2 Å². The summed E-state index contributed by atoms with van der Waals surface area (Å²) in [6, 6.07) is 1.83. The van der Waals surface area contributed by atoms with E-state index in [0.29, 0.717) is 18.1 Å². The molecule has 2 aliphatic heterocycles. The Morgan fingerprint density at radius 2 is 2.06 bits per heavy atom. The first-order valence-corrected chi connectivity index (χ1v) is 7.08. The molecule has 2 unspecified atom stereocenters. The van der Waals surface area contributed by atoms with Crippen LogP contribution in [0.3, 0.4) is 0 Å². The number of hydrogen-bond acceptors (Lipinski definition) is 4. The monoisotopic (exact) mass is 249 g/mol. The maximum atomic E-state index is 6.14. The van der Waals surface area contributed by atoms with E-state index >= 15 is 0 Å². The van der Waals surface area contributed by atoms with Crippen molar-refractivity contribution in [2.24, 2.45) is 12.8 Å². The van der Waals surface area contributed by atoms with Crippen LogP contribution in [0, 0.1) is 0 Å². The number of piperidine rings is 2. The molecule has 3 rings (SSSR count). The van der Waals surface area contributed by atoms with Gasteiger partial charge in [-0.2, -0.15) is 5.10 Å². The maximum absolute atomic E-state index is 6.14. The van der Waals surface area contributed by atoms with E-state index in [9.17, 15) is 0 Å². The van der Waals surface area contributed by atoms with Crippen LogP contribution in [0.1, 0.15) is 37.9 Å². The lowest BCUT2D eigenvalue weighted by molar-refractivity contribution is 0.0323. The van der Waals surface area contributed by atoms with Crippen molar-refractivity contribution in [1.29, 1.82) is 0 Å². The van der Waals surface area contributed by atoms with Crippen LogP contribution in [0.4, 0.5) is 0 Å². The van der Waals surface area contributed by atoms with Gasteiger partial charge >= 0.3 is 0 Å². The summed E-state index contributed by atoms with van der Waals surface area (Å²) in [6.07, 6.45) is 9.10. The highest BCUT2D eigenvalue weighted by Gasteiger charge is 2.36. The molecule has 0 spiro atoms. The van der Waals surface area contributed by atoms with E-state index in [1.165, 1.54) is 32.1 Å². The standard InChI is InChI=1S/C13H23N5/c1-17-9-15-13(16-17)5-6-18-11-3-2-4-12(18)8-10(14)7-11/h9-12H,2-8,14H2,1H3. The lowest BCUT2D eigenvalue weighted by atomic mass is 9.82. The quantitative estimate of drug-likeness (QED) is 0.857. The van der Waals surface area contributed by atoms with Gasteiger partial charge in [0.05, 0.1) is 0 Å². The molecule has 0 amide bonds. The second kappa shape index (κ2) is 4.97.